The Hall–Kier alpha value is -1.40. The molecule has 98 valence electrons. The van der Waals surface area contributed by atoms with Crippen molar-refractivity contribution in [2.24, 2.45) is 0 Å². The number of rotatable bonds is 5. The fourth-order valence-corrected chi connectivity index (χ4v) is 2.57. The standard InChI is InChI=1S/C12H17N3O2S/c1-4-5-9(16-3)11-14-12(17-15-11)8-6-7(2)18-10(8)13/h6,9H,4-5,13H2,1-3H3. The van der Waals surface area contributed by atoms with Gasteiger partial charge in [0.05, 0.1) is 10.6 Å². The lowest BCUT2D eigenvalue weighted by molar-refractivity contribution is 0.0854. The highest BCUT2D eigenvalue weighted by Gasteiger charge is 2.19. The summed E-state index contributed by atoms with van der Waals surface area (Å²) in [5.41, 5.74) is 6.72. The van der Waals surface area contributed by atoms with E-state index in [9.17, 15) is 0 Å². The number of aryl methyl sites for hydroxylation is 1. The molecule has 0 saturated carbocycles. The largest absolute Gasteiger partial charge is 0.390 e. The maximum atomic E-state index is 5.91. The number of hydrogen-bond donors (Lipinski definition) is 1. The van der Waals surface area contributed by atoms with Gasteiger partial charge in [-0.3, -0.25) is 0 Å². The number of hydrogen-bond acceptors (Lipinski definition) is 6. The van der Waals surface area contributed by atoms with Crippen LogP contribution in [0.3, 0.4) is 0 Å². The fraction of sp³-hybridized carbons (Fsp3) is 0.500. The van der Waals surface area contributed by atoms with Gasteiger partial charge in [-0.1, -0.05) is 18.5 Å². The van der Waals surface area contributed by atoms with Gasteiger partial charge in [0.15, 0.2) is 0 Å². The Bertz CT molecular complexity index is 521. The van der Waals surface area contributed by atoms with Crippen molar-refractivity contribution in [3.8, 4) is 11.5 Å². The number of aromatic nitrogens is 2. The molecule has 0 aliphatic carbocycles. The molecule has 0 saturated heterocycles. The van der Waals surface area contributed by atoms with E-state index in [-0.39, 0.29) is 6.10 Å². The van der Waals surface area contributed by atoms with Gasteiger partial charge in [-0.2, -0.15) is 4.98 Å². The molecule has 2 heterocycles. The second-order valence-electron chi connectivity index (χ2n) is 4.11. The van der Waals surface area contributed by atoms with Crippen LogP contribution in [0.15, 0.2) is 10.6 Å². The zero-order chi connectivity index (χ0) is 13.1. The summed E-state index contributed by atoms with van der Waals surface area (Å²) in [6.45, 7) is 4.09. The van der Waals surface area contributed by atoms with E-state index in [1.54, 1.807) is 7.11 Å². The third kappa shape index (κ3) is 2.54. The van der Waals surface area contributed by atoms with Crippen molar-refractivity contribution in [1.82, 2.24) is 10.1 Å². The van der Waals surface area contributed by atoms with Gasteiger partial charge in [0.25, 0.3) is 5.89 Å². The lowest BCUT2D eigenvalue weighted by Gasteiger charge is -2.08. The number of methoxy groups -OCH3 is 1. The molecule has 0 radical (unpaired) electrons. The van der Waals surface area contributed by atoms with E-state index in [2.05, 4.69) is 17.1 Å². The molecule has 1 atom stereocenters. The first-order chi connectivity index (χ1) is 8.65. The molecule has 0 aliphatic rings. The number of nitrogens with two attached hydrogens (primary N) is 1. The summed E-state index contributed by atoms with van der Waals surface area (Å²) < 4.78 is 10.6. The van der Waals surface area contributed by atoms with Crippen LogP contribution in [0.1, 0.15) is 36.6 Å². The lowest BCUT2D eigenvalue weighted by Crippen LogP contribution is -2.03. The molecule has 2 rings (SSSR count). The van der Waals surface area contributed by atoms with Crippen molar-refractivity contribution in [1.29, 1.82) is 0 Å². The van der Waals surface area contributed by atoms with Gasteiger partial charge in [0.2, 0.25) is 5.82 Å². The molecule has 0 bridgehead atoms. The van der Waals surface area contributed by atoms with Gasteiger partial charge in [-0.05, 0) is 19.4 Å². The van der Waals surface area contributed by atoms with Gasteiger partial charge in [-0.25, -0.2) is 0 Å². The minimum absolute atomic E-state index is 0.117. The van der Waals surface area contributed by atoms with E-state index in [0.29, 0.717) is 16.7 Å². The second kappa shape index (κ2) is 5.49. The summed E-state index contributed by atoms with van der Waals surface area (Å²) in [6, 6.07) is 1.96. The third-order valence-electron chi connectivity index (χ3n) is 2.68. The minimum Gasteiger partial charge on any atom is -0.390 e. The molecule has 0 aromatic carbocycles. The van der Waals surface area contributed by atoms with Crippen LogP contribution in [0.2, 0.25) is 0 Å². The summed E-state index contributed by atoms with van der Waals surface area (Å²) in [6.07, 6.45) is 1.75. The van der Waals surface area contributed by atoms with Crippen molar-refractivity contribution in [2.45, 2.75) is 32.8 Å². The van der Waals surface area contributed by atoms with E-state index >= 15 is 0 Å². The molecule has 2 aromatic heterocycles. The zero-order valence-electron chi connectivity index (χ0n) is 10.8. The summed E-state index contributed by atoms with van der Waals surface area (Å²) in [5, 5.41) is 4.67. The Labute approximate surface area is 110 Å². The smallest absolute Gasteiger partial charge is 0.261 e. The van der Waals surface area contributed by atoms with Crippen LogP contribution in [0, 0.1) is 6.92 Å². The van der Waals surface area contributed by atoms with Gasteiger partial charge in [0.1, 0.15) is 6.10 Å². The minimum atomic E-state index is -0.117. The molecule has 2 aromatic rings. The summed E-state index contributed by atoms with van der Waals surface area (Å²) in [7, 11) is 1.65. The van der Waals surface area contributed by atoms with Crippen LogP contribution >= 0.6 is 11.3 Å². The van der Waals surface area contributed by atoms with Crippen LogP contribution < -0.4 is 5.73 Å². The molecule has 1 unspecified atom stereocenters. The van der Waals surface area contributed by atoms with E-state index < -0.39 is 0 Å². The topological polar surface area (TPSA) is 74.2 Å². The molecule has 5 nitrogen and oxygen atoms in total. The number of nitrogen functional groups attached to an aromatic ring is 1. The molecule has 2 N–H and O–H groups in total. The van der Waals surface area contributed by atoms with Crippen molar-refractivity contribution >= 4 is 16.3 Å². The Morgan fingerprint density at radius 1 is 1.56 bits per heavy atom. The zero-order valence-corrected chi connectivity index (χ0v) is 11.6. The third-order valence-corrected chi connectivity index (χ3v) is 3.56. The van der Waals surface area contributed by atoms with Gasteiger partial charge in [0, 0.05) is 12.0 Å². The SMILES string of the molecule is CCCC(OC)c1noc(-c2cc(C)sc2N)n1. The average Bonchev–Trinajstić information content (AvgIpc) is 2.92. The molecule has 0 fully saturated rings. The van der Waals surface area contributed by atoms with E-state index in [1.807, 2.05) is 13.0 Å². The molecule has 0 aliphatic heterocycles. The van der Waals surface area contributed by atoms with Gasteiger partial charge < -0.3 is 15.0 Å². The first-order valence-electron chi connectivity index (χ1n) is 5.88. The Morgan fingerprint density at radius 2 is 2.33 bits per heavy atom. The van der Waals surface area contributed by atoms with Crippen LogP contribution in [0.4, 0.5) is 5.00 Å². The van der Waals surface area contributed by atoms with Crippen molar-refractivity contribution in [2.75, 3.05) is 12.8 Å². The summed E-state index contributed by atoms with van der Waals surface area (Å²) in [5.74, 6) is 1.04. The van der Waals surface area contributed by atoms with Crippen LogP contribution in [-0.2, 0) is 4.74 Å². The number of anilines is 1. The average molecular weight is 267 g/mol. The summed E-state index contributed by atoms with van der Waals surface area (Å²) >= 11 is 1.52. The van der Waals surface area contributed by atoms with Gasteiger partial charge >= 0.3 is 0 Å². The second-order valence-corrected chi connectivity index (χ2v) is 5.39. The number of nitrogens with zero attached hydrogens (tertiary/aromatic N) is 2. The summed E-state index contributed by atoms with van der Waals surface area (Å²) in [4.78, 5) is 5.49. The normalized spacial score (nSPS) is 12.8. The molecule has 0 amide bonds. The molecule has 6 heteroatoms. The number of thiophene rings is 1. The maximum absolute atomic E-state index is 5.91. The van der Waals surface area contributed by atoms with Crippen molar-refractivity contribution < 1.29 is 9.26 Å². The molecule has 18 heavy (non-hydrogen) atoms. The Morgan fingerprint density at radius 3 is 2.89 bits per heavy atom. The first-order valence-corrected chi connectivity index (χ1v) is 6.70. The van der Waals surface area contributed by atoms with Crippen molar-refractivity contribution in [3.05, 3.63) is 16.8 Å². The highest BCUT2D eigenvalue weighted by atomic mass is 32.1. The highest BCUT2D eigenvalue weighted by molar-refractivity contribution is 7.16. The van der Waals surface area contributed by atoms with Crippen LogP contribution in [0.5, 0.6) is 0 Å². The number of ether oxygens (including phenoxy) is 1. The fourth-order valence-electron chi connectivity index (χ4n) is 1.79. The van der Waals surface area contributed by atoms with Gasteiger partial charge in [-0.15, -0.1) is 11.3 Å². The van der Waals surface area contributed by atoms with Crippen LogP contribution in [0.25, 0.3) is 11.5 Å². The van der Waals surface area contributed by atoms with E-state index in [0.717, 1.165) is 23.3 Å². The quantitative estimate of drug-likeness (QED) is 0.900. The lowest BCUT2D eigenvalue weighted by atomic mass is 10.2. The highest BCUT2D eigenvalue weighted by Crippen LogP contribution is 2.33. The van der Waals surface area contributed by atoms with Crippen LogP contribution in [-0.4, -0.2) is 17.3 Å². The molecule has 0 spiro atoms. The molecular formula is C12H17N3O2S. The first kappa shape index (κ1) is 13.0. The predicted octanol–water partition coefficient (Wildman–Crippen LogP) is 3.18. The van der Waals surface area contributed by atoms with E-state index in [4.69, 9.17) is 15.0 Å². The monoisotopic (exact) mass is 267 g/mol. The predicted molar refractivity (Wildman–Crippen MR) is 71.4 cm³/mol. The molecular weight excluding hydrogens is 250 g/mol. The Balaban J connectivity index is 2.27. The maximum Gasteiger partial charge on any atom is 0.261 e. The van der Waals surface area contributed by atoms with Crippen molar-refractivity contribution in [3.63, 3.8) is 0 Å². The Kier molecular flexibility index (Phi) is 3.98. The van der Waals surface area contributed by atoms with E-state index in [1.165, 1.54) is 11.3 Å².